The largest absolute Gasteiger partial charge is 0.441 e. The van der Waals surface area contributed by atoms with Gasteiger partial charge < -0.3 is 9.73 Å². The second-order valence-electron chi connectivity index (χ2n) is 4.58. The maximum atomic E-state index is 12.2. The fourth-order valence-electron chi connectivity index (χ4n) is 2.05. The van der Waals surface area contributed by atoms with E-state index in [-0.39, 0.29) is 5.91 Å². The lowest BCUT2D eigenvalue weighted by molar-refractivity contribution is 0.102. The zero-order valence-corrected chi connectivity index (χ0v) is 13.0. The Morgan fingerprint density at radius 1 is 1.29 bits per heavy atom. The number of nitrogens with zero attached hydrogens (tertiary/aromatic N) is 1. The van der Waals surface area contributed by atoms with Gasteiger partial charge in [0.05, 0.1) is 5.56 Å². The van der Waals surface area contributed by atoms with Gasteiger partial charge in [-0.15, -0.1) is 0 Å². The van der Waals surface area contributed by atoms with Gasteiger partial charge in [-0.05, 0) is 46.3 Å². The molecule has 0 saturated heterocycles. The fraction of sp³-hybridized carbons (Fsp3) is 0.125. The van der Waals surface area contributed by atoms with Gasteiger partial charge in [-0.3, -0.25) is 4.79 Å². The van der Waals surface area contributed by atoms with Gasteiger partial charge in [-0.1, -0.05) is 19.1 Å². The second-order valence-corrected chi connectivity index (χ2v) is 5.43. The number of aryl methyl sites for hydroxylation is 1. The molecule has 0 bridgehead atoms. The first-order valence-corrected chi connectivity index (χ1v) is 7.42. The highest BCUT2D eigenvalue weighted by molar-refractivity contribution is 9.10. The third-order valence-corrected chi connectivity index (χ3v) is 3.80. The molecule has 3 rings (SSSR count). The van der Waals surface area contributed by atoms with E-state index in [0.717, 1.165) is 22.0 Å². The lowest BCUT2D eigenvalue weighted by Crippen LogP contribution is -2.12. The number of halogens is 1. The van der Waals surface area contributed by atoms with E-state index in [9.17, 15) is 4.79 Å². The predicted octanol–water partition coefficient (Wildman–Crippen LogP) is 4.41. The van der Waals surface area contributed by atoms with Gasteiger partial charge in [0.15, 0.2) is 11.5 Å². The second kappa shape index (κ2) is 5.69. The van der Waals surface area contributed by atoms with Crippen molar-refractivity contribution in [3.63, 3.8) is 0 Å². The van der Waals surface area contributed by atoms with Gasteiger partial charge in [0, 0.05) is 16.6 Å². The van der Waals surface area contributed by atoms with Crippen LogP contribution in [0.4, 0.5) is 5.69 Å². The Balaban J connectivity index is 1.87. The maximum Gasteiger partial charge on any atom is 0.256 e. The number of rotatable bonds is 3. The summed E-state index contributed by atoms with van der Waals surface area (Å²) in [7, 11) is 0. The number of amides is 1. The van der Waals surface area contributed by atoms with Crippen molar-refractivity contribution in [3.05, 3.63) is 58.4 Å². The van der Waals surface area contributed by atoms with Gasteiger partial charge in [-0.25, -0.2) is 4.98 Å². The van der Waals surface area contributed by atoms with Crippen LogP contribution in [0.25, 0.3) is 11.1 Å². The van der Waals surface area contributed by atoms with Crippen molar-refractivity contribution in [2.75, 3.05) is 5.32 Å². The average Bonchev–Trinajstić information content (AvgIpc) is 2.90. The molecule has 3 aromatic rings. The van der Waals surface area contributed by atoms with E-state index in [0.29, 0.717) is 17.1 Å². The third kappa shape index (κ3) is 2.83. The number of carbonyl (C=O) groups excluding carboxylic acids is 1. The summed E-state index contributed by atoms with van der Waals surface area (Å²) < 4.78 is 6.31. The number of hydrogen-bond acceptors (Lipinski definition) is 3. The van der Waals surface area contributed by atoms with Crippen molar-refractivity contribution >= 4 is 38.6 Å². The lowest BCUT2D eigenvalue weighted by atomic mass is 10.2. The molecule has 1 aromatic heterocycles. The molecule has 1 N–H and O–H groups in total. The van der Waals surface area contributed by atoms with E-state index in [1.807, 2.05) is 43.3 Å². The Labute approximate surface area is 130 Å². The number of carbonyl (C=O) groups is 1. The molecule has 0 fully saturated rings. The summed E-state index contributed by atoms with van der Waals surface area (Å²) in [6.07, 6.45) is 0.743. The number of nitrogens with one attached hydrogen (secondary N) is 1. The topological polar surface area (TPSA) is 55.1 Å². The van der Waals surface area contributed by atoms with Gasteiger partial charge in [0.25, 0.3) is 5.91 Å². The molecular formula is C16H13BrN2O2. The van der Waals surface area contributed by atoms with Crippen molar-refractivity contribution in [2.45, 2.75) is 13.3 Å². The van der Waals surface area contributed by atoms with Crippen LogP contribution in [0.5, 0.6) is 0 Å². The standard InChI is InChI=1S/C16H13BrN2O2/c1-2-15-19-13-9-10(7-8-14(13)21-15)18-16(20)11-5-3-4-6-12(11)17/h3-9H,2H2,1H3,(H,18,20). The average molecular weight is 345 g/mol. The number of hydrogen-bond donors (Lipinski definition) is 1. The van der Waals surface area contributed by atoms with Crippen LogP contribution in [-0.2, 0) is 6.42 Å². The van der Waals surface area contributed by atoms with Crippen LogP contribution in [-0.4, -0.2) is 10.9 Å². The Morgan fingerprint density at radius 2 is 2.10 bits per heavy atom. The van der Waals surface area contributed by atoms with Crippen LogP contribution in [0, 0.1) is 0 Å². The van der Waals surface area contributed by atoms with Gasteiger partial charge in [-0.2, -0.15) is 0 Å². The van der Waals surface area contributed by atoms with Gasteiger partial charge in [0.1, 0.15) is 5.52 Å². The van der Waals surface area contributed by atoms with E-state index < -0.39 is 0 Å². The van der Waals surface area contributed by atoms with E-state index in [1.54, 1.807) is 6.07 Å². The molecule has 0 saturated carbocycles. The number of oxazole rings is 1. The van der Waals surface area contributed by atoms with Crippen molar-refractivity contribution in [1.82, 2.24) is 4.98 Å². The van der Waals surface area contributed by atoms with E-state index in [4.69, 9.17) is 4.42 Å². The van der Waals surface area contributed by atoms with Crippen molar-refractivity contribution in [2.24, 2.45) is 0 Å². The number of anilines is 1. The highest BCUT2D eigenvalue weighted by Gasteiger charge is 2.11. The molecule has 5 heteroatoms. The molecule has 0 aliphatic rings. The monoisotopic (exact) mass is 344 g/mol. The first-order valence-electron chi connectivity index (χ1n) is 6.62. The lowest BCUT2D eigenvalue weighted by Gasteiger charge is -2.06. The molecule has 4 nitrogen and oxygen atoms in total. The van der Waals surface area contributed by atoms with Crippen LogP contribution in [0.2, 0.25) is 0 Å². The Kier molecular flexibility index (Phi) is 3.75. The minimum absolute atomic E-state index is 0.166. The van der Waals surface area contributed by atoms with E-state index >= 15 is 0 Å². The van der Waals surface area contributed by atoms with E-state index in [2.05, 4.69) is 26.2 Å². The summed E-state index contributed by atoms with van der Waals surface area (Å²) in [6.45, 7) is 1.99. The molecule has 0 aliphatic heterocycles. The summed E-state index contributed by atoms with van der Waals surface area (Å²) in [5.74, 6) is 0.528. The number of fused-ring (bicyclic) bond motifs is 1. The number of benzene rings is 2. The normalized spacial score (nSPS) is 10.8. The maximum absolute atomic E-state index is 12.2. The molecule has 106 valence electrons. The molecule has 0 atom stereocenters. The third-order valence-electron chi connectivity index (χ3n) is 3.11. The van der Waals surface area contributed by atoms with Crippen molar-refractivity contribution in [1.29, 1.82) is 0 Å². The van der Waals surface area contributed by atoms with Crippen LogP contribution < -0.4 is 5.32 Å². The Hall–Kier alpha value is -2.14. The SMILES string of the molecule is CCc1nc2cc(NC(=O)c3ccccc3Br)ccc2o1. The summed E-state index contributed by atoms with van der Waals surface area (Å²) in [5, 5.41) is 2.87. The molecule has 1 heterocycles. The summed E-state index contributed by atoms with van der Waals surface area (Å²) >= 11 is 3.37. The van der Waals surface area contributed by atoms with Gasteiger partial charge in [0.2, 0.25) is 0 Å². The molecule has 0 aliphatic carbocycles. The van der Waals surface area contributed by atoms with E-state index in [1.165, 1.54) is 0 Å². The summed E-state index contributed by atoms with van der Waals surface area (Å²) in [5.41, 5.74) is 2.76. The first-order chi connectivity index (χ1) is 10.2. The molecule has 0 unspecified atom stereocenters. The van der Waals surface area contributed by atoms with Gasteiger partial charge >= 0.3 is 0 Å². The summed E-state index contributed by atoms with van der Waals surface area (Å²) in [6, 6.07) is 12.7. The predicted molar refractivity (Wildman–Crippen MR) is 85.5 cm³/mol. The fourth-order valence-corrected chi connectivity index (χ4v) is 2.51. The minimum Gasteiger partial charge on any atom is -0.441 e. The molecular weight excluding hydrogens is 332 g/mol. The minimum atomic E-state index is -0.166. The van der Waals surface area contributed by atoms with Crippen LogP contribution in [0.3, 0.4) is 0 Å². The zero-order chi connectivity index (χ0) is 14.8. The van der Waals surface area contributed by atoms with Crippen LogP contribution in [0.15, 0.2) is 51.4 Å². The highest BCUT2D eigenvalue weighted by atomic mass is 79.9. The summed E-state index contributed by atoms with van der Waals surface area (Å²) in [4.78, 5) is 16.6. The highest BCUT2D eigenvalue weighted by Crippen LogP contribution is 2.22. The number of aromatic nitrogens is 1. The molecule has 0 radical (unpaired) electrons. The quantitative estimate of drug-likeness (QED) is 0.765. The van der Waals surface area contributed by atoms with Crippen molar-refractivity contribution in [3.8, 4) is 0 Å². The van der Waals surface area contributed by atoms with Crippen LogP contribution in [0.1, 0.15) is 23.2 Å². The Bertz CT molecular complexity index is 811. The molecule has 2 aromatic carbocycles. The molecule has 1 amide bonds. The first kappa shape index (κ1) is 13.8. The zero-order valence-electron chi connectivity index (χ0n) is 11.4. The van der Waals surface area contributed by atoms with Crippen molar-refractivity contribution < 1.29 is 9.21 Å². The Morgan fingerprint density at radius 3 is 2.86 bits per heavy atom. The van der Waals surface area contributed by atoms with Crippen LogP contribution >= 0.6 is 15.9 Å². The smallest absolute Gasteiger partial charge is 0.256 e. The molecule has 21 heavy (non-hydrogen) atoms. The molecule has 0 spiro atoms.